The molecule has 176 valence electrons. The number of hydrogen-bond donors (Lipinski definition) is 2. The van der Waals surface area contributed by atoms with Crippen molar-refractivity contribution in [1.82, 2.24) is 0 Å². The molecule has 0 radical (unpaired) electrons. The van der Waals surface area contributed by atoms with Crippen molar-refractivity contribution in [2.24, 2.45) is 44.8 Å². The van der Waals surface area contributed by atoms with Crippen LogP contribution in [0.4, 0.5) is 0 Å². The van der Waals surface area contributed by atoms with Crippen molar-refractivity contribution in [3.63, 3.8) is 0 Å². The van der Waals surface area contributed by atoms with E-state index in [9.17, 15) is 10.2 Å². The molecule has 2 heteroatoms. The van der Waals surface area contributed by atoms with Crippen LogP contribution in [0.2, 0.25) is 0 Å². The minimum Gasteiger partial charge on any atom is -0.512 e. The maximum atomic E-state index is 11.7. The van der Waals surface area contributed by atoms with Crippen molar-refractivity contribution >= 4 is 0 Å². The first-order valence-corrected chi connectivity index (χ1v) is 13.3. The Labute approximate surface area is 191 Å². The smallest absolute Gasteiger partial charge is 0.0927 e. The Bertz CT molecular complexity index is 808. The van der Waals surface area contributed by atoms with E-state index in [1.807, 2.05) is 0 Å². The predicted molar refractivity (Wildman–Crippen MR) is 128 cm³/mol. The fraction of sp³-hybridized carbons (Fsp3) is 0.931. The summed E-state index contributed by atoms with van der Waals surface area (Å²) in [6.45, 7) is 17.4. The van der Waals surface area contributed by atoms with Crippen LogP contribution < -0.4 is 0 Å². The van der Waals surface area contributed by atoms with Gasteiger partial charge in [0, 0.05) is 12.3 Å². The Morgan fingerprint density at radius 2 is 1.45 bits per heavy atom. The van der Waals surface area contributed by atoms with Crippen molar-refractivity contribution < 1.29 is 10.2 Å². The standard InChI is InChI=1S/C29H48O2/c1-24(2)13-15-29(31)16-14-28(7)23(19(29)18-24)20(30)17-22-26(5)11-8-10-25(3,4)21(26)9-12-27(22,28)6/h19,21-22,30-31H,8-18H2,1-7H3/t19-,21-,22+,26-,27+,28+,29-/m0/s1. The Morgan fingerprint density at radius 3 is 2.16 bits per heavy atom. The number of allylic oxidation sites excluding steroid dienone is 1. The average molecular weight is 429 g/mol. The van der Waals surface area contributed by atoms with Crippen LogP contribution in [-0.4, -0.2) is 15.8 Å². The summed E-state index contributed by atoms with van der Waals surface area (Å²) < 4.78 is 0. The predicted octanol–water partition coefficient (Wildman–Crippen LogP) is 7.81. The van der Waals surface area contributed by atoms with Gasteiger partial charge in [-0.2, -0.15) is 0 Å². The van der Waals surface area contributed by atoms with Crippen LogP contribution in [-0.2, 0) is 0 Å². The lowest BCUT2D eigenvalue weighted by atomic mass is 9.34. The largest absolute Gasteiger partial charge is 0.512 e. The summed E-state index contributed by atoms with van der Waals surface area (Å²) >= 11 is 0. The second-order valence-electron chi connectivity index (χ2n) is 14.8. The third-order valence-corrected chi connectivity index (χ3v) is 12.4. The van der Waals surface area contributed by atoms with Gasteiger partial charge < -0.3 is 10.2 Å². The van der Waals surface area contributed by atoms with E-state index >= 15 is 0 Å². The van der Waals surface area contributed by atoms with Crippen LogP contribution in [0, 0.1) is 44.8 Å². The SMILES string of the molecule is CC1(C)CC[C@]2(O)CC[C@]3(C)C(=C(O)C[C@@H]4[C@@]5(C)CCCC(C)(C)[C@@H]5CC[C@]43C)[C@@H]2C1. The van der Waals surface area contributed by atoms with E-state index in [1.54, 1.807) is 0 Å². The molecular formula is C29H48O2. The molecule has 0 aliphatic heterocycles. The molecule has 7 atom stereocenters. The molecule has 0 unspecified atom stereocenters. The van der Waals surface area contributed by atoms with Gasteiger partial charge in [0.15, 0.2) is 0 Å². The van der Waals surface area contributed by atoms with Gasteiger partial charge >= 0.3 is 0 Å². The Balaban J connectivity index is 1.63. The molecule has 5 aliphatic rings. The average Bonchev–Trinajstić information content (AvgIpc) is 2.64. The molecule has 4 saturated carbocycles. The zero-order valence-corrected chi connectivity index (χ0v) is 21.4. The lowest BCUT2D eigenvalue weighted by molar-refractivity contribution is -0.195. The van der Waals surface area contributed by atoms with Crippen LogP contribution in [0.1, 0.15) is 119 Å². The normalized spacial score (nSPS) is 53.1. The van der Waals surface area contributed by atoms with Crippen molar-refractivity contribution in [3.05, 3.63) is 11.3 Å². The summed E-state index contributed by atoms with van der Waals surface area (Å²) in [5.74, 6) is 2.13. The van der Waals surface area contributed by atoms with Gasteiger partial charge in [0.25, 0.3) is 0 Å². The maximum Gasteiger partial charge on any atom is 0.0927 e. The van der Waals surface area contributed by atoms with E-state index in [4.69, 9.17) is 0 Å². The molecule has 0 spiro atoms. The zero-order valence-electron chi connectivity index (χ0n) is 21.4. The highest BCUT2D eigenvalue weighted by Gasteiger charge is 2.68. The van der Waals surface area contributed by atoms with Gasteiger partial charge in [-0.25, -0.2) is 0 Å². The Kier molecular flexibility index (Phi) is 4.56. The van der Waals surface area contributed by atoms with Crippen molar-refractivity contribution in [2.45, 2.75) is 125 Å². The van der Waals surface area contributed by atoms with E-state index in [-0.39, 0.29) is 22.2 Å². The van der Waals surface area contributed by atoms with Gasteiger partial charge in [-0.05, 0) is 102 Å². The summed E-state index contributed by atoms with van der Waals surface area (Å²) in [6.07, 6.45) is 12.4. The number of aliphatic hydroxyl groups excluding tert-OH is 1. The second-order valence-corrected chi connectivity index (χ2v) is 14.8. The monoisotopic (exact) mass is 428 g/mol. The number of aliphatic hydroxyl groups is 2. The molecule has 0 bridgehead atoms. The van der Waals surface area contributed by atoms with E-state index < -0.39 is 5.60 Å². The Hall–Kier alpha value is -0.500. The van der Waals surface area contributed by atoms with E-state index in [1.165, 1.54) is 37.7 Å². The number of rotatable bonds is 0. The first-order chi connectivity index (χ1) is 14.2. The molecule has 0 heterocycles. The first kappa shape index (κ1) is 22.3. The van der Waals surface area contributed by atoms with Crippen LogP contribution in [0.5, 0.6) is 0 Å². The Morgan fingerprint density at radius 1 is 0.774 bits per heavy atom. The molecule has 2 nitrogen and oxygen atoms in total. The summed E-state index contributed by atoms with van der Waals surface area (Å²) in [5.41, 5.74) is 1.89. The van der Waals surface area contributed by atoms with Crippen LogP contribution >= 0.6 is 0 Å². The quantitative estimate of drug-likeness (QED) is 0.413. The number of fused-ring (bicyclic) bond motifs is 7. The zero-order chi connectivity index (χ0) is 22.7. The molecule has 5 aliphatic carbocycles. The molecule has 0 amide bonds. The molecule has 0 saturated heterocycles. The first-order valence-electron chi connectivity index (χ1n) is 13.3. The van der Waals surface area contributed by atoms with E-state index in [0.29, 0.717) is 22.5 Å². The molecule has 31 heavy (non-hydrogen) atoms. The van der Waals surface area contributed by atoms with Crippen molar-refractivity contribution in [3.8, 4) is 0 Å². The highest BCUT2D eigenvalue weighted by Crippen LogP contribution is 2.75. The lowest BCUT2D eigenvalue weighted by Crippen LogP contribution is -2.64. The molecule has 0 aromatic carbocycles. The highest BCUT2D eigenvalue weighted by molar-refractivity contribution is 5.36. The van der Waals surface area contributed by atoms with Gasteiger partial charge in [-0.15, -0.1) is 0 Å². The summed E-state index contributed by atoms with van der Waals surface area (Å²) in [6, 6.07) is 0. The highest BCUT2D eigenvalue weighted by atomic mass is 16.3. The number of hydrogen-bond acceptors (Lipinski definition) is 2. The molecule has 0 aromatic heterocycles. The van der Waals surface area contributed by atoms with E-state index in [0.717, 1.165) is 44.4 Å². The summed E-state index contributed by atoms with van der Waals surface area (Å²) in [4.78, 5) is 0. The summed E-state index contributed by atoms with van der Waals surface area (Å²) in [5, 5.41) is 23.5. The maximum absolute atomic E-state index is 11.7. The third-order valence-electron chi connectivity index (χ3n) is 12.4. The lowest BCUT2D eigenvalue weighted by Gasteiger charge is -2.70. The molecule has 2 N–H and O–H groups in total. The third kappa shape index (κ3) is 2.79. The van der Waals surface area contributed by atoms with Crippen LogP contribution in [0.25, 0.3) is 0 Å². The fourth-order valence-corrected chi connectivity index (χ4v) is 10.4. The molecule has 5 rings (SSSR count). The second kappa shape index (κ2) is 6.34. The topological polar surface area (TPSA) is 40.5 Å². The molecule has 0 aromatic rings. The van der Waals surface area contributed by atoms with Crippen molar-refractivity contribution in [1.29, 1.82) is 0 Å². The van der Waals surface area contributed by atoms with Crippen molar-refractivity contribution in [2.75, 3.05) is 0 Å². The van der Waals surface area contributed by atoms with Crippen LogP contribution in [0.15, 0.2) is 11.3 Å². The molecular weight excluding hydrogens is 380 g/mol. The van der Waals surface area contributed by atoms with E-state index in [2.05, 4.69) is 48.5 Å². The van der Waals surface area contributed by atoms with Crippen LogP contribution in [0.3, 0.4) is 0 Å². The van der Waals surface area contributed by atoms with Gasteiger partial charge in [0.2, 0.25) is 0 Å². The molecule has 4 fully saturated rings. The summed E-state index contributed by atoms with van der Waals surface area (Å²) in [7, 11) is 0. The van der Waals surface area contributed by atoms with Gasteiger partial charge in [-0.3, -0.25) is 0 Å². The van der Waals surface area contributed by atoms with Gasteiger partial charge in [-0.1, -0.05) is 54.9 Å². The van der Waals surface area contributed by atoms with Gasteiger partial charge in [0.05, 0.1) is 11.4 Å². The minimum atomic E-state index is -0.602. The fourth-order valence-electron chi connectivity index (χ4n) is 10.4. The van der Waals surface area contributed by atoms with Gasteiger partial charge in [0.1, 0.15) is 0 Å². The minimum absolute atomic E-state index is 0.0138.